The minimum atomic E-state index is -0.540. The standard InChI is InChI=1S/C13H18N2O4/c1-9(6-7-16)8-14-13(17)11-5-3-4-10(2)12(11)15(18)19/h3-5,9,16H,6-8H2,1-2H3,(H,14,17). The molecule has 0 spiro atoms. The number of hydrogen-bond donors (Lipinski definition) is 2. The van der Waals surface area contributed by atoms with Crippen molar-refractivity contribution < 1.29 is 14.8 Å². The van der Waals surface area contributed by atoms with Crippen LogP contribution in [0.4, 0.5) is 5.69 Å². The van der Waals surface area contributed by atoms with E-state index in [0.29, 0.717) is 18.5 Å². The third kappa shape index (κ3) is 4.03. The van der Waals surface area contributed by atoms with Crippen LogP contribution in [0.1, 0.15) is 29.3 Å². The first-order valence-electron chi connectivity index (χ1n) is 6.10. The van der Waals surface area contributed by atoms with Crippen molar-refractivity contribution in [3.05, 3.63) is 39.4 Å². The van der Waals surface area contributed by atoms with Gasteiger partial charge in [-0.15, -0.1) is 0 Å². The number of carbonyl (C=O) groups is 1. The molecule has 0 aliphatic heterocycles. The lowest BCUT2D eigenvalue weighted by Crippen LogP contribution is -2.29. The molecule has 1 rings (SSSR count). The van der Waals surface area contributed by atoms with Crippen LogP contribution >= 0.6 is 0 Å². The van der Waals surface area contributed by atoms with Gasteiger partial charge in [0.25, 0.3) is 11.6 Å². The third-order valence-corrected chi connectivity index (χ3v) is 2.90. The lowest BCUT2D eigenvalue weighted by atomic mass is 10.1. The monoisotopic (exact) mass is 266 g/mol. The summed E-state index contributed by atoms with van der Waals surface area (Å²) in [4.78, 5) is 22.4. The maximum Gasteiger partial charge on any atom is 0.285 e. The van der Waals surface area contributed by atoms with E-state index in [1.54, 1.807) is 19.1 Å². The summed E-state index contributed by atoms with van der Waals surface area (Å²) in [6.45, 7) is 3.93. The number of carbonyl (C=O) groups excluding carboxylic acids is 1. The van der Waals surface area contributed by atoms with Gasteiger partial charge in [-0.05, 0) is 25.3 Å². The van der Waals surface area contributed by atoms with E-state index in [1.165, 1.54) is 6.07 Å². The van der Waals surface area contributed by atoms with Crippen LogP contribution in [0.25, 0.3) is 0 Å². The fourth-order valence-corrected chi connectivity index (χ4v) is 1.77. The minimum absolute atomic E-state index is 0.0572. The Hall–Kier alpha value is -1.95. The zero-order valence-electron chi connectivity index (χ0n) is 11.0. The Morgan fingerprint density at radius 2 is 2.21 bits per heavy atom. The van der Waals surface area contributed by atoms with Crippen LogP contribution < -0.4 is 5.32 Å². The Morgan fingerprint density at radius 3 is 2.79 bits per heavy atom. The molecule has 19 heavy (non-hydrogen) atoms. The van der Waals surface area contributed by atoms with Gasteiger partial charge in [-0.25, -0.2) is 0 Å². The van der Waals surface area contributed by atoms with Crippen molar-refractivity contribution >= 4 is 11.6 Å². The Kier molecular flexibility index (Phi) is 5.44. The van der Waals surface area contributed by atoms with E-state index in [1.807, 2.05) is 6.92 Å². The molecular weight excluding hydrogens is 248 g/mol. The first kappa shape index (κ1) is 15.1. The summed E-state index contributed by atoms with van der Waals surface area (Å²) in [5.74, 6) is -0.335. The number of amides is 1. The summed E-state index contributed by atoms with van der Waals surface area (Å²) >= 11 is 0. The van der Waals surface area contributed by atoms with Crippen molar-refractivity contribution in [3.63, 3.8) is 0 Å². The Labute approximate surface area is 111 Å². The lowest BCUT2D eigenvalue weighted by molar-refractivity contribution is -0.385. The Balaban J connectivity index is 2.83. The molecule has 1 amide bonds. The Bertz CT molecular complexity index is 474. The highest BCUT2D eigenvalue weighted by molar-refractivity contribution is 5.98. The molecule has 0 aliphatic carbocycles. The van der Waals surface area contributed by atoms with Gasteiger partial charge in [-0.2, -0.15) is 0 Å². The van der Waals surface area contributed by atoms with Crippen molar-refractivity contribution in [1.29, 1.82) is 0 Å². The lowest BCUT2D eigenvalue weighted by Gasteiger charge is -2.11. The molecule has 1 unspecified atom stereocenters. The highest BCUT2D eigenvalue weighted by Gasteiger charge is 2.22. The highest BCUT2D eigenvalue weighted by Crippen LogP contribution is 2.22. The van der Waals surface area contributed by atoms with E-state index in [4.69, 9.17) is 5.11 Å². The summed E-state index contributed by atoms with van der Waals surface area (Å²) in [7, 11) is 0. The van der Waals surface area contributed by atoms with Gasteiger partial charge in [0.2, 0.25) is 0 Å². The van der Waals surface area contributed by atoms with E-state index in [0.717, 1.165) is 0 Å². The minimum Gasteiger partial charge on any atom is -0.396 e. The van der Waals surface area contributed by atoms with Crippen molar-refractivity contribution in [2.45, 2.75) is 20.3 Å². The number of rotatable bonds is 6. The topological polar surface area (TPSA) is 92.5 Å². The fraction of sp³-hybridized carbons (Fsp3) is 0.462. The van der Waals surface area contributed by atoms with Crippen LogP contribution in [-0.4, -0.2) is 29.1 Å². The van der Waals surface area contributed by atoms with Crippen LogP contribution in [0.5, 0.6) is 0 Å². The molecule has 0 saturated carbocycles. The summed E-state index contributed by atoms with van der Waals surface area (Å²) < 4.78 is 0. The highest BCUT2D eigenvalue weighted by atomic mass is 16.6. The summed E-state index contributed by atoms with van der Waals surface area (Å²) in [6.07, 6.45) is 0.580. The predicted molar refractivity (Wildman–Crippen MR) is 71.0 cm³/mol. The number of aliphatic hydroxyl groups excluding tert-OH is 1. The Morgan fingerprint density at radius 1 is 1.53 bits per heavy atom. The second kappa shape index (κ2) is 6.84. The van der Waals surface area contributed by atoms with Gasteiger partial charge in [0.15, 0.2) is 0 Å². The van der Waals surface area contributed by atoms with Gasteiger partial charge in [0, 0.05) is 18.7 Å². The van der Waals surface area contributed by atoms with Crippen LogP contribution in [0, 0.1) is 23.0 Å². The smallest absolute Gasteiger partial charge is 0.285 e. The first-order valence-corrected chi connectivity index (χ1v) is 6.10. The van der Waals surface area contributed by atoms with Crippen LogP contribution in [0.2, 0.25) is 0 Å². The van der Waals surface area contributed by atoms with Gasteiger partial charge in [0.1, 0.15) is 5.56 Å². The van der Waals surface area contributed by atoms with Crippen molar-refractivity contribution in [1.82, 2.24) is 5.32 Å². The number of nitro benzene ring substituents is 1. The number of para-hydroxylation sites is 1. The molecule has 6 nitrogen and oxygen atoms in total. The van der Waals surface area contributed by atoms with Gasteiger partial charge < -0.3 is 10.4 Å². The fourth-order valence-electron chi connectivity index (χ4n) is 1.77. The molecule has 1 aromatic rings. The van der Waals surface area contributed by atoms with E-state index < -0.39 is 10.8 Å². The molecule has 0 saturated heterocycles. The molecule has 0 radical (unpaired) electrons. The molecule has 0 heterocycles. The summed E-state index contributed by atoms with van der Waals surface area (Å²) in [5, 5.41) is 22.4. The molecule has 0 bridgehead atoms. The summed E-state index contributed by atoms with van der Waals surface area (Å²) in [6, 6.07) is 4.66. The van der Waals surface area contributed by atoms with Gasteiger partial charge >= 0.3 is 0 Å². The average Bonchev–Trinajstić information content (AvgIpc) is 2.35. The maximum atomic E-state index is 12.0. The van der Waals surface area contributed by atoms with Gasteiger partial charge in [0.05, 0.1) is 4.92 Å². The second-order valence-electron chi connectivity index (χ2n) is 4.56. The first-order chi connectivity index (χ1) is 8.97. The van der Waals surface area contributed by atoms with Gasteiger partial charge in [-0.3, -0.25) is 14.9 Å². The number of nitro groups is 1. The molecule has 104 valence electrons. The number of aliphatic hydroxyl groups is 1. The molecule has 2 N–H and O–H groups in total. The van der Waals surface area contributed by atoms with E-state index in [2.05, 4.69) is 5.32 Å². The predicted octanol–water partition coefficient (Wildman–Crippen LogP) is 1.65. The molecular formula is C13H18N2O4. The molecule has 0 aromatic heterocycles. The quantitative estimate of drug-likeness (QED) is 0.605. The van der Waals surface area contributed by atoms with Crippen molar-refractivity contribution in [2.75, 3.05) is 13.2 Å². The molecule has 6 heteroatoms. The van der Waals surface area contributed by atoms with E-state index in [9.17, 15) is 14.9 Å². The number of nitrogens with zero attached hydrogens (tertiary/aromatic N) is 1. The van der Waals surface area contributed by atoms with Crippen LogP contribution in [-0.2, 0) is 0 Å². The average molecular weight is 266 g/mol. The summed E-state index contributed by atoms with van der Waals surface area (Å²) in [5.41, 5.74) is 0.372. The molecule has 1 atom stereocenters. The van der Waals surface area contributed by atoms with Crippen LogP contribution in [0.3, 0.4) is 0 Å². The molecule has 0 fully saturated rings. The normalized spacial score (nSPS) is 11.9. The zero-order valence-corrected chi connectivity index (χ0v) is 11.0. The second-order valence-corrected chi connectivity index (χ2v) is 4.56. The van der Waals surface area contributed by atoms with E-state index in [-0.39, 0.29) is 23.8 Å². The number of hydrogen-bond acceptors (Lipinski definition) is 4. The van der Waals surface area contributed by atoms with Gasteiger partial charge in [-0.1, -0.05) is 19.1 Å². The maximum absolute atomic E-state index is 12.0. The zero-order chi connectivity index (χ0) is 14.4. The molecule has 0 aliphatic rings. The SMILES string of the molecule is Cc1cccc(C(=O)NCC(C)CCO)c1[N+](=O)[O-]. The van der Waals surface area contributed by atoms with Crippen molar-refractivity contribution in [3.8, 4) is 0 Å². The molecule has 1 aromatic carbocycles. The van der Waals surface area contributed by atoms with Crippen LogP contribution in [0.15, 0.2) is 18.2 Å². The number of aryl methyl sites for hydroxylation is 1. The number of nitrogens with one attached hydrogen (secondary N) is 1. The van der Waals surface area contributed by atoms with Crippen molar-refractivity contribution in [2.24, 2.45) is 5.92 Å². The third-order valence-electron chi connectivity index (χ3n) is 2.90. The van der Waals surface area contributed by atoms with E-state index >= 15 is 0 Å². The number of benzene rings is 1. The largest absolute Gasteiger partial charge is 0.396 e.